The maximum atomic E-state index is 13.5. The molecule has 0 bridgehead atoms. The van der Waals surface area contributed by atoms with E-state index in [1.807, 2.05) is 35.2 Å². The molecule has 3 fully saturated rings. The van der Waals surface area contributed by atoms with Crippen LogP contribution < -0.4 is 0 Å². The van der Waals surface area contributed by atoms with Gasteiger partial charge in [-0.25, -0.2) is 0 Å². The standard InChI is InChI=1S/C32H35BrN4O2/c33-27-11-9-24(10-12-27)20-36-19-15-32(31(36)39)13-17-35(18-14-32)21-26-22-37(30(38)29-8-4-5-16-34-29)23-28(26)25-6-2-1-3-7-25/h1-12,16,26,28H,13-15,17-23H2. The fraction of sp³-hybridized carbons (Fsp3) is 0.406. The lowest BCUT2D eigenvalue weighted by atomic mass is 9.76. The Balaban J connectivity index is 1.10. The molecule has 3 aromatic rings. The van der Waals surface area contributed by atoms with Gasteiger partial charge in [-0.1, -0.05) is 64.5 Å². The molecule has 39 heavy (non-hydrogen) atoms. The Kier molecular flexibility index (Phi) is 7.54. The van der Waals surface area contributed by atoms with Crippen molar-refractivity contribution in [1.82, 2.24) is 19.7 Å². The predicted molar refractivity (Wildman–Crippen MR) is 155 cm³/mol. The molecule has 2 atom stereocenters. The van der Waals surface area contributed by atoms with E-state index in [-0.39, 0.29) is 11.3 Å². The highest BCUT2D eigenvalue weighted by atomic mass is 79.9. The van der Waals surface area contributed by atoms with Crippen molar-refractivity contribution >= 4 is 27.7 Å². The molecule has 3 aliphatic heterocycles. The van der Waals surface area contributed by atoms with Crippen LogP contribution in [0.5, 0.6) is 0 Å². The van der Waals surface area contributed by atoms with Gasteiger partial charge in [0.1, 0.15) is 5.69 Å². The van der Waals surface area contributed by atoms with E-state index in [2.05, 4.69) is 67.1 Å². The lowest BCUT2D eigenvalue weighted by molar-refractivity contribution is -0.139. The molecule has 0 N–H and O–H groups in total. The molecule has 3 aliphatic rings. The van der Waals surface area contributed by atoms with Gasteiger partial charge in [0, 0.05) is 49.3 Å². The SMILES string of the molecule is O=C(c1ccccn1)N1CC(CN2CCC3(CC2)CCN(Cc2ccc(Br)cc2)C3=O)C(c2ccccc2)C1. The highest BCUT2D eigenvalue weighted by molar-refractivity contribution is 9.10. The summed E-state index contributed by atoms with van der Waals surface area (Å²) in [4.78, 5) is 37.7. The molecule has 7 heteroatoms. The first kappa shape index (κ1) is 26.2. The van der Waals surface area contributed by atoms with E-state index in [1.165, 1.54) is 11.1 Å². The van der Waals surface area contributed by atoms with Crippen LogP contribution in [0.1, 0.15) is 46.8 Å². The second-order valence-corrected chi connectivity index (χ2v) is 12.3. The zero-order valence-corrected chi connectivity index (χ0v) is 23.8. The molecule has 1 spiro atoms. The Bertz CT molecular complexity index is 1290. The summed E-state index contributed by atoms with van der Waals surface area (Å²) in [7, 11) is 0. The number of pyridine rings is 1. The van der Waals surface area contributed by atoms with Crippen LogP contribution in [0.15, 0.2) is 83.5 Å². The van der Waals surface area contributed by atoms with Crippen molar-refractivity contribution in [3.63, 3.8) is 0 Å². The lowest BCUT2D eigenvalue weighted by Gasteiger charge is -2.39. The summed E-state index contributed by atoms with van der Waals surface area (Å²) in [6.45, 7) is 5.80. The molecule has 0 saturated carbocycles. The number of likely N-dealkylation sites (tertiary alicyclic amines) is 3. The maximum Gasteiger partial charge on any atom is 0.272 e. The fourth-order valence-electron chi connectivity index (χ4n) is 6.76. The first-order chi connectivity index (χ1) is 19.0. The second kappa shape index (κ2) is 11.2. The Morgan fingerprint density at radius 1 is 0.897 bits per heavy atom. The van der Waals surface area contributed by atoms with E-state index in [1.54, 1.807) is 12.3 Å². The highest BCUT2D eigenvalue weighted by Gasteiger charge is 2.48. The average molecular weight is 588 g/mol. The zero-order valence-electron chi connectivity index (χ0n) is 22.2. The Morgan fingerprint density at radius 2 is 1.62 bits per heavy atom. The smallest absolute Gasteiger partial charge is 0.272 e. The van der Waals surface area contributed by atoms with Crippen molar-refractivity contribution in [2.24, 2.45) is 11.3 Å². The lowest BCUT2D eigenvalue weighted by Crippen LogP contribution is -2.46. The van der Waals surface area contributed by atoms with Gasteiger partial charge in [0.05, 0.1) is 5.41 Å². The number of benzene rings is 2. The van der Waals surface area contributed by atoms with Crippen molar-refractivity contribution in [3.05, 3.63) is 100 Å². The summed E-state index contributed by atoms with van der Waals surface area (Å²) in [6, 6.07) is 24.4. The third-order valence-electron chi connectivity index (χ3n) is 9.03. The quantitative estimate of drug-likeness (QED) is 0.397. The van der Waals surface area contributed by atoms with E-state index in [9.17, 15) is 9.59 Å². The molecular weight excluding hydrogens is 552 g/mol. The molecule has 202 valence electrons. The van der Waals surface area contributed by atoms with Crippen LogP contribution in [0.25, 0.3) is 0 Å². The van der Waals surface area contributed by atoms with Crippen LogP contribution in [0, 0.1) is 11.3 Å². The van der Waals surface area contributed by atoms with Crippen LogP contribution in [0.4, 0.5) is 0 Å². The summed E-state index contributed by atoms with van der Waals surface area (Å²) in [5.41, 5.74) is 2.78. The second-order valence-electron chi connectivity index (χ2n) is 11.4. The van der Waals surface area contributed by atoms with Crippen LogP contribution in [0.3, 0.4) is 0 Å². The van der Waals surface area contributed by atoms with Crippen LogP contribution >= 0.6 is 15.9 Å². The molecule has 4 heterocycles. The van der Waals surface area contributed by atoms with Gasteiger partial charge in [0.2, 0.25) is 5.91 Å². The number of piperidine rings is 1. The monoisotopic (exact) mass is 586 g/mol. The van der Waals surface area contributed by atoms with Crippen LogP contribution in [-0.2, 0) is 11.3 Å². The maximum absolute atomic E-state index is 13.5. The van der Waals surface area contributed by atoms with Gasteiger partial charge < -0.3 is 14.7 Å². The van der Waals surface area contributed by atoms with Gasteiger partial charge in [0.25, 0.3) is 5.91 Å². The van der Waals surface area contributed by atoms with Crippen LogP contribution in [-0.4, -0.2) is 70.8 Å². The summed E-state index contributed by atoms with van der Waals surface area (Å²) in [5.74, 6) is 0.992. The normalized spacial score (nSPS) is 23.1. The topological polar surface area (TPSA) is 56.8 Å². The van der Waals surface area contributed by atoms with Crippen molar-refractivity contribution in [1.29, 1.82) is 0 Å². The molecule has 6 rings (SSSR count). The molecule has 2 aromatic carbocycles. The average Bonchev–Trinajstić information content (AvgIpc) is 3.53. The first-order valence-electron chi connectivity index (χ1n) is 14.0. The minimum absolute atomic E-state index is 0.0130. The Labute approximate surface area is 239 Å². The molecule has 3 saturated heterocycles. The van der Waals surface area contributed by atoms with E-state index in [4.69, 9.17) is 0 Å². The number of rotatable bonds is 6. The third-order valence-corrected chi connectivity index (χ3v) is 9.56. The van der Waals surface area contributed by atoms with Gasteiger partial charge in [-0.05, 0) is 73.7 Å². The number of hydrogen-bond acceptors (Lipinski definition) is 4. The van der Waals surface area contributed by atoms with E-state index in [0.29, 0.717) is 36.5 Å². The fourth-order valence-corrected chi connectivity index (χ4v) is 7.03. The summed E-state index contributed by atoms with van der Waals surface area (Å²) in [6.07, 6.45) is 4.48. The van der Waals surface area contributed by atoms with Gasteiger partial charge in [-0.2, -0.15) is 0 Å². The first-order valence-corrected chi connectivity index (χ1v) is 14.8. The van der Waals surface area contributed by atoms with Gasteiger partial charge in [-0.15, -0.1) is 0 Å². The van der Waals surface area contributed by atoms with Crippen molar-refractivity contribution in [2.75, 3.05) is 39.3 Å². The Morgan fingerprint density at radius 3 is 2.33 bits per heavy atom. The summed E-state index contributed by atoms with van der Waals surface area (Å²) < 4.78 is 1.06. The molecule has 6 nitrogen and oxygen atoms in total. The van der Waals surface area contributed by atoms with Gasteiger partial charge in [-0.3, -0.25) is 14.6 Å². The molecule has 2 unspecified atom stereocenters. The molecule has 0 aliphatic carbocycles. The highest BCUT2D eigenvalue weighted by Crippen LogP contribution is 2.43. The molecular formula is C32H35BrN4O2. The van der Waals surface area contributed by atoms with Crippen molar-refractivity contribution in [2.45, 2.75) is 31.7 Å². The minimum atomic E-state index is -0.207. The molecule has 1 aromatic heterocycles. The molecule has 0 radical (unpaired) electrons. The minimum Gasteiger partial charge on any atom is -0.338 e. The number of carbonyl (C=O) groups is 2. The number of halogens is 1. The number of nitrogens with zero attached hydrogens (tertiary/aromatic N) is 4. The van der Waals surface area contributed by atoms with Crippen molar-refractivity contribution in [3.8, 4) is 0 Å². The zero-order chi connectivity index (χ0) is 26.8. The number of hydrogen-bond donors (Lipinski definition) is 0. The van der Waals surface area contributed by atoms with E-state index in [0.717, 1.165) is 56.5 Å². The van der Waals surface area contributed by atoms with E-state index < -0.39 is 0 Å². The number of carbonyl (C=O) groups excluding carboxylic acids is 2. The van der Waals surface area contributed by atoms with Gasteiger partial charge >= 0.3 is 0 Å². The number of aromatic nitrogens is 1. The van der Waals surface area contributed by atoms with E-state index >= 15 is 0 Å². The van der Waals surface area contributed by atoms with Crippen LogP contribution in [0.2, 0.25) is 0 Å². The number of amides is 2. The Hall–Kier alpha value is -3.03. The predicted octanol–water partition coefficient (Wildman–Crippen LogP) is 5.21. The van der Waals surface area contributed by atoms with Crippen molar-refractivity contribution < 1.29 is 9.59 Å². The largest absolute Gasteiger partial charge is 0.338 e. The van der Waals surface area contributed by atoms with Gasteiger partial charge in [0.15, 0.2) is 0 Å². The third kappa shape index (κ3) is 5.52. The molecule has 2 amide bonds. The summed E-state index contributed by atoms with van der Waals surface area (Å²) >= 11 is 3.49. The summed E-state index contributed by atoms with van der Waals surface area (Å²) in [5, 5.41) is 0.